The molecule has 4 heteroatoms. The van der Waals surface area contributed by atoms with Crippen molar-refractivity contribution in [3.63, 3.8) is 0 Å². The van der Waals surface area contributed by atoms with Gasteiger partial charge in [-0.1, -0.05) is 43.6 Å². The first-order valence-corrected chi connectivity index (χ1v) is 9.81. The first kappa shape index (κ1) is 22.6. The molecule has 1 aliphatic rings. The van der Waals surface area contributed by atoms with Gasteiger partial charge in [0.25, 0.3) is 0 Å². The lowest BCUT2D eigenvalue weighted by Gasteiger charge is -2.21. The summed E-state index contributed by atoms with van der Waals surface area (Å²) < 4.78 is 0. The number of terminal acetylenes is 1. The molecule has 3 N–H and O–H groups in total. The predicted molar refractivity (Wildman–Crippen MR) is 104 cm³/mol. The second-order valence-electron chi connectivity index (χ2n) is 7.26. The summed E-state index contributed by atoms with van der Waals surface area (Å²) in [6, 6.07) is 0. The third-order valence-corrected chi connectivity index (χ3v) is 5.09. The number of ketones is 1. The van der Waals surface area contributed by atoms with Crippen LogP contribution < -0.4 is 0 Å². The number of unbranched alkanes of at least 4 members (excludes halogenated alkanes) is 3. The maximum Gasteiger partial charge on any atom is 0.139 e. The molecule has 1 rings (SSSR count). The number of carbonyl (C=O) groups is 1. The van der Waals surface area contributed by atoms with Crippen LogP contribution in [0.5, 0.6) is 0 Å². The molecule has 1 unspecified atom stereocenters. The van der Waals surface area contributed by atoms with E-state index in [2.05, 4.69) is 12.8 Å². The van der Waals surface area contributed by atoms with Gasteiger partial charge in [0.1, 0.15) is 11.4 Å². The number of hydrogen-bond acceptors (Lipinski definition) is 4. The molecule has 0 amide bonds. The van der Waals surface area contributed by atoms with E-state index < -0.39 is 11.7 Å². The summed E-state index contributed by atoms with van der Waals surface area (Å²) in [5.41, 5.74) is -1.15. The van der Waals surface area contributed by atoms with E-state index in [-0.39, 0.29) is 30.6 Å². The number of carbonyl (C=O) groups excluding carboxylic acids is 1. The number of rotatable bonds is 12. The largest absolute Gasteiger partial charge is 0.396 e. The van der Waals surface area contributed by atoms with Crippen molar-refractivity contribution in [2.24, 2.45) is 11.8 Å². The number of aliphatic hydroxyl groups excluding tert-OH is 2. The quantitative estimate of drug-likeness (QED) is 0.283. The lowest BCUT2D eigenvalue weighted by molar-refractivity contribution is -0.121. The van der Waals surface area contributed by atoms with Crippen LogP contribution in [0.4, 0.5) is 0 Å². The third-order valence-electron chi connectivity index (χ3n) is 5.09. The minimum atomic E-state index is -1.15. The Hall–Kier alpha value is -1.41. The SMILES string of the molecule is C#CC(O)(CC=C[C@H]1[C@H](O)CC(=O)[C@@H]1CC=CCCCCO)CCCC. The van der Waals surface area contributed by atoms with Gasteiger partial charge in [-0.2, -0.15) is 0 Å². The van der Waals surface area contributed by atoms with Gasteiger partial charge >= 0.3 is 0 Å². The van der Waals surface area contributed by atoms with Gasteiger partial charge in [0.15, 0.2) is 0 Å². The molecule has 0 aliphatic heterocycles. The Balaban J connectivity index is 2.60. The molecule has 0 aromatic carbocycles. The molecule has 146 valence electrons. The monoisotopic (exact) mass is 362 g/mol. The Morgan fingerprint density at radius 3 is 2.69 bits per heavy atom. The minimum Gasteiger partial charge on any atom is -0.396 e. The van der Waals surface area contributed by atoms with Crippen molar-refractivity contribution in [3.8, 4) is 12.3 Å². The van der Waals surface area contributed by atoms with Crippen molar-refractivity contribution >= 4 is 5.78 Å². The van der Waals surface area contributed by atoms with Gasteiger partial charge in [-0.15, -0.1) is 6.42 Å². The smallest absolute Gasteiger partial charge is 0.139 e. The molecular formula is C22H34O4. The molecule has 0 spiro atoms. The molecule has 1 saturated carbocycles. The van der Waals surface area contributed by atoms with Crippen molar-refractivity contribution < 1.29 is 20.1 Å². The molecular weight excluding hydrogens is 328 g/mol. The van der Waals surface area contributed by atoms with Crippen LogP contribution in [0.25, 0.3) is 0 Å². The number of hydrogen-bond donors (Lipinski definition) is 3. The third kappa shape index (κ3) is 7.45. The van der Waals surface area contributed by atoms with Crippen LogP contribution in [-0.2, 0) is 4.79 Å². The molecule has 0 aromatic heterocycles. The Kier molecular flexibility index (Phi) is 10.5. The summed E-state index contributed by atoms with van der Waals surface area (Å²) in [4.78, 5) is 12.2. The zero-order valence-corrected chi connectivity index (χ0v) is 15.9. The Bertz CT molecular complexity index is 517. The fraction of sp³-hybridized carbons (Fsp3) is 0.682. The maximum atomic E-state index is 12.2. The van der Waals surface area contributed by atoms with E-state index in [9.17, 15) is 15.0 Å². The predicted octanol–water partition coefficient (Wildman–Crippen LogP) is 3.16. The summed E-state index contributed by atoms with van der Waals surface area (Å²) in [7, 11) is 0. The highest BCUT2D eigenvalue weighted by molar-refractivity contribution is 5.84. The summed E-state index contributed by atoms with van der Waals surface area (Å²) in [5, 5.41) is 29.4. The summed E-state index contributed by atoms with van der Waals surface area (Å²) in [5.74, 6) is 2.12. The molecule has 0 bridgehead atoms. The summed E-state index contributed by atoms with van der Waals surface area (Å²) in [6.45, 7) is 2.26. The molecule has 0 aromatic rings. The Morgan fingerprint density at radius 1 is 1.27 bits per heavy atom. The molecule has 0 heterocycles. The average molecular weight is 363 g/mol. The zero-order chi connectivity index (χ0) is 19.4. The summed E-state index contributed by atoms with van der Waals surface area (Å²) >= 11 is 0. The van der Waals surface area contributed by atoms with E-state index in [4.69, 9.17) is 11.5 Å². The van der Waals surface area contributed by atoms with Crippen LogP contribution in [0.2, 0.25) is 0 Å². The van der Waals surface area contributed by atoms with E-state index in [0.29, 0.717) is 19.3 Å². The highest BCUT2D eigenvalue weighted by Crippen LogP contribution is 2.33. The minimum absolute atomic E-state index is 0.0883. The Labute approximate surface area is 158 Å². The van der Waals surface area contributed by atoms with Crippen LogP contribution in [0, 0.1) is 24.2 Å². The molecule has 4 atom stereocenters. The highest BCUT2D eigenvalue weighted by Gasteiger charge is 2.39. The molecule has 1 fully saturated rings. The number of Topliss-reactive ketones (excluding diaryl/α,β-unsaturated/α-hetero) is 1. The van der Waals surface area contributed by atoms with Gasteiger partial charge in [0.05, 0.1) is 6.10 Å². The van der Waals surface area contributed by atoms with Gasteiger partial charge in [-0.05, 0) is 38.5 Å². The van der Waals surface area contributed by atoms with E-state index in [1.807, 2.05) is 24.3 Å². The van der Waals surface area contributed by atoms with Crippen molar-refractivity contribution in [3.05, 3.63) is 24.3 Å². The lowest BCUT2D eigenvalue weighted by atomic mass is 9.88. The standard InChI is InChI=1S/C22H34O4/c1-3-5-14-22(26,4-2)15-11-13-19-18(20(24)17-21(19)25)12-9-7-6-8-10-16-23/h2,7,9,11,13,18-19,21,23,25-26H,3,5-6,8,10,12,14-17H2,1H3/t18-,19-,21-,22?/m1/s1. The van der Waals surface area contributed by atoms with E-state index in [0.717, 1.165) is 32.1 Å². The van der Waals surface area contributed by atoms with Crippen molar-refractivity contribution in [1.29, 1.82) is 0 Å². The van der Waals surface area contributed by atoms with Crippen molar-refractivity contribution in [2.75, 3.05) is 6.61 Å². The molecule has 0 radical (unpaired) electrons. The molecule has 26 heavy (non-hydrogen) atoms. The number of aliphatic hydroxyl groups is 3. The first-order valence-electron chi connectivity index (χ1n) is 9.81. The van der Waals surface area contributed by atoms with Crippen LogP contribution in [0.1, 0.15) is 64.7 Å². The van der Waals surface area contributed by atoms with Gasteiger partial charge in [-0.25, -0.2) is 0 Å². The Morgan fingerprint density at radius 2 is 2.04 bits per heavy atom. The second kappa shape index (κ2) is 12.1. The highest BCUT2D eigenvalue weighted by atomic mass is 16.3. The summed E-state index contributed by atoms with van der Waals surface area (Å²) in [6.07, 6.45) is 18.6. The van der Waals surface area contributed by atoms with Crippen LogP contribution in [0.15, 0.2) is 24.3 Å². The van der Waals surface area contributed by atoms with Crippen molar-refractivity contribution in [1.82, 2.24) is 0 Å². The average Bonchev–Trinajstić information content (AvgIpc) is 2.89. The van der Waals surface area contributed by atoms with E-state index >= 15 is 0 Å². The first-order chi connectivity index (χ1) is 12.5. The van der Waals surface area contributed by atoms with Gasteiger partial charge < -0.3 is 15.3 Å². The maximum absolute atomic E-state index is 12.2. The lowest BCUT2D eigenvalue weighted by Crippen LogP contribution is -2.25. The topological polar surface area (TPSA) is 77.8 Å². The fourth-order valence-corrected chi connectivity index (χ4v) is 3.38. The second-order valence-corrected chi connectivity index (χ2v) is 7.26. The van der Waals surface area contributed by atoms with E-state index in [1.54, 1.807) is 0 Å². The van der Waals surface area contributed by atoms with Gasteiger partial charge in [-0.3, -0.25) is 4.79 Å². The van der Waals surface area contributed by atoms with Crippen molar-refractivity contribution in [2.45, 2.75) is 76.4 Å². The van der Waals surface area contributed by atoms with Gasteiger partial charge in [0.2, 0.25) is 0 Å². The van der Waals surface area contributed by atoms with Gasteiger partial charge in [0, 0.05) is 31.3 Å². The zero-order valence-electron chi connectivity index (χ0n) is 15.9. The van der Waals surface area contributed by atoms with Crippen LogP contribution in [-0.4, -0.2) is 39.4 Å². The molecule has 4 nitrogen and oxygen atoms in total. The normalized spacial score (nSPS) is 25.8. The fourth-order valence-electron chi connectivity index (χ4n) is 3.38. The van der Waals surface area contributed by atoms with Crippen LogP contribution >= 0.6 is 0 Å². The number of allylic oxidation sites excluding steroid dienone is 2. The molecule has 1 aliphatic carbocycles. The molecule has 0 saturated heterocycles. The van der Waals surface area contributed by atoms with E-state index in [1.165, 1.54) is 0 Å². The van der Waals surface area contributed by atoms with Crippen LogP contribution in [0.3, 0.4) is 0 Å².